The Kier molecular flexibility index (Phi) is 2.83. The molecule has 0 radical (unpaired) electrons. The van der Waals surface area contributed by atoms with Crippen LogP contribution in [-0.4, -0.2) is 24.4 Å². The molecule has 1 saturated heterocycles. The van der Waals surface area contributed by atoms with E-state index in [0.717, 1.165) is 0 Å². The van der Waals surface area contributed by atoms with E-state index in [9.17, 15) is 14.0 Å². The van der Waals surface area contributed by atoms with Crippen molar-refractivity contribution < 1.29 is 14.0 Å². The van der Waals surface area contributed by atoms with Gasteiger partial charge in [0.1, 0.15) is 18.4 Å². The summed E-state index contributed by atoms with van der Waals surface area (Å²) in [5.41, 5.74) is 0.926. The van der Waals surface area contributed by atoms with Gasteiger partial charge in [0.25, 0.3) is 0 Å². The molecule has 1 heterocycles. The van der Waals surface area contributed by atoms with E-state index in [-0.39, 0.29) is 24.2 Å². The Bertz CT molecular complexity index is 487. The van der Waals surface area contributed by atoms with Gasteiger partial charge in [0.2, 0.25) is 11.8 Å². The molecule has 1 fully saturated rings. The van der Waals surface area contributed by atoms with Crippen LogP contribution in [0.5, 0.6) is 0 Å². The minimum atomic E-state index is -0.569. The van der Waals surface area contributed by atoms with E-state index in [4.69, 9.17) is 0 Å². The van der Waals surface area contributed by atoms with Crippen LogP contribution in [0.1, 0.15) is 12.5 Å². The van der Waals surface area contributed by atoms with E-state index in [1.165, 1.54) is 11.0 Å². The summed E-state index contributed by atoms with van der Waals surface area (Å²) in [6, 6.07) is 3.94. The highest BCUT2D eigenvalue weighted by atomic mass is 19.1. The molecule has 1 N–H and O–H groups in total. The SMILES string of the molecule is Cc1ccc(N2CC(=O)NC(C)C2=O)cc1F. The molecular formula is C12H13FN2O2. The molecule has 0 aliphatic carbocycles. The van der Waals surface area contributed by atoms with Crippen molar-refractivity contribution in [1.29, 1.82) is 0 Å². The zero-order valence-corrected chi connectivity index (χ0v) is 9.66. The van der Waals surface area contributed by atoms with Crippen molar-refractivity contribution in [3.63, 3.8) is 0 Å². The topological polar surface area (TPSA) is 49.4 Å². The molecule has 1 atom stereocenters. The Hall–Kier alpha value is -1.91. The number of nitrogens with zero attached hydrogens (tertiary/aromatic N) is 1. The molecule has 0 spiro atoms. The maximum atomic E-state index is 13.4. The molecule has 0 bridgehead atoms. The van der Waals surface area contributed by atoms with Crippen LogP contribution in [0, 0.1) is 12.7 Å². The van der Waals surface area contributed by atoms with Crippen LogP contribution in [-0.2, 0) is 9.59 Å². The second-order valence-electron chi connectivity index (χ2n) is 4.15. The van der Waals surface area contributed by atoms with Gasteiger partial charge in [0, 0.05) is 5.69 Å². The van der Waals surface area contributed by atoms with Crippen LogP contribution in [0.3, 0.4) is 0 Å². The fourth-order valence-corrected chi connectivity index (χ4v) is 1.77. The number of halogens is 1. The number of hydrogen-bond donors (Lipinski definition) is 1. The minimum Gasteiger partial charge on any atom is -0.343 e. The molecule has 2 amide bonds. The lowest BCUT2D eigenvalue weighted by atomic mass is 10.1. The van der Waals surface area contributed by atoms with Gasteiger partial charge in [-0.3, -0.25) is 9.59 Å². The van der Waals surface area contributed by atoms with Gasteiger partial charge in [0.15, 0.2) is 0 Å². The first-order valence-electron chi connectivity index (χ1n) is 5.36. The number of nitrogens with one attached hydrogen (secondary N) is 1. The summed E-state index contributed by atoms with van der Waals surface area (Å²) in [7, 11) is 0. The highest BCUT2D eigenvalue weighted by Crippen LogP contribution is 2.20. The summed E-state index contributed by atoms with van der Waals surface area (Å²) in [6.45, 7) is 3.19. The summed E-state index contributed by atoms with van der Waals surface area (Å²) in [5.74, 6) is -0.847. The van der Waals surface area contributed by atoms with Crippen LogP contribution >= 0.6 is 0 Å². The fourth-order valence-electron chi connectivity index (χ4n) is 1.77. The van der Waals surface area contributed by atoms with Crippen molar-refractivity contribution in [3.8, 4) is 0 Å². The number of hydrogen-bond acceptors (Lipinski definition) is 2. The smallest absolute Gasteiger partial charge is 0.249 e. The van der Waals surface area contributed by atoms with Gasteiger partial charge >= 0.3 is 0 Å². The lowest BCUT2D eigenvalue weighted by Gasteiger charge is -2.30. The van der Waals surface area contributed by atoms with Crippen molar-refractivity contribution in [2.45, 2.75) is 19.9 Å². The predicted octanol–water partition coefficient (Wildman–Crippen LogP) is 0.985. The van der Waals surface area contributed by atoms with Gasteiger partial charge in [-0.15, -0.1) is 0 Å². The van der Waals surface area contributed by atoms with Gasteiger partial charge < -0.3 is 10.2 Å². The summed E-state index contributed by atoms with van der Waals surface area (Å²) < 4.78 is 13.4. The Morgan fingerprint density at radius 2 is 2.12 bits per heavy atom. The molecule has 0 saturated carbocycles. The Morgan fingerprint density at radius 3 is 2.76 bits per heavy atom. The van der Waals surface area contributed by atoms with Gasteiger partial charge in [-0.1, -0.05) is 6.07 Å². The first-order valence-corrected chi connectivity index (χ1v) is 5.36. The number of piperazine rings is 1. The van der Waals surface area contributed by atoms with Gasteiger partial charge in [-0.25, -0.2) is 4.39 Å². The van der Waals surface area contributed by atoms with Crippen molar-refractivity contribution in [3.05, 3.63) is 29.6 Å². The third-order valence-corrected chi connectivity index (χ3v) is 2.78. The van der Waals surface area contributed by atoms with E-state index in [1.54, 1.807) is 26.0 Å². The first-order chi connectivity index (χ1) is 7.99. The average molecular weight is 236 g/mol. The number of anilines is 1. The van der Waals surface area contributed by atoms with Crippen LogP contribution in [0.2, 0.25) is 0 Å². The first kappa shape index (κ1) is 11.6. The molecule has 1 aliphatic rings. The third kappa shape index (κ3) is 2.13. The third-order valence-electron chi connectivity index (χ3n) is 2.78. The van der Waals surface area contributed by atoms with E-state index < -0.39 is 6.04 Å². The summed E-state index contributed by atoms with van der Waals surface area (Å²) >= 11 is 0. The molecule has 5 heteroatoms. The maximum Gasteiger partial charge on any atom is 0.249 e. The van der Waals surface area contributed by atoms with E-state index in [1.807, 2.05) is 0 Å². The number of rotatable bonds is 1. The van der Waals surface area contributed by atoms with Crippen molar-refractivity contribution in [2.75, 3.05) is 11.4 Å². The van der Waals surface area contributed by atoms with E-state index >= 15 is 0 Å². The van der Waals surface area contributed by atoms with Crippen LogP contribution in [0.4, 0.5) is 10.1 Å². The minimum absolute atomic E-state index is 0.0638. The number of carbonyl (C=O) groups excluding carboxylic acids is 2. The molecule has 4 nitrogen and oxygen atoms in total. The van der Waals surface area contributed by atoms with Crippen LogP contribution in [0.25, 0.3) is 0 Å². The Labute approximate surface area is 98.4 Å². The number of aryl methyl sites for hydroxylation is 1. The lowest BCUT2D eigenvalue weighted by Crippen LogP contribution is -2.57. The second-order valence-corrected chi connectivity index (χ2v) is 4.15. The zero-order valence-electron chi connectivity index (χ0n) is 9.66. The highest BCUT2D eigenvalue weighted by Gasteiger charge is 2.30. The largest absolute Gasteiger partial charge is 0.343 e. The average Bonchev–Trinajstić information content (AvgIpc) is 2.27. The molecule has 1 aromatic carbocycles. The van der Waals surface area contributed by atoms with E-state index in [2.05, 4.69) is 5.32 Å². The molecule has 2 rings (SSSR count). The quantitative estimate of drug-likeness (QED) is 0.790. The highest BCUT2D eigenvalue weighted by molar-refractivity contribution is 6.06. The number of amides is 2. The number of benzene rings is 1. The Morgan fingerprint density at radius 1 is 1.41 bits per heavy atom. The Balaban J connectivity index is 2.34. The monoisotopic (exact) mass is 236 g/mol. The molecule has 1 aliphatic heterocycles. The molecular weight excluding hydrogens is 223 g/mol. The molecule has 0 aromatic heterocycles. The maximum absolute atomic E-state index is 13.4. The van der Waals surface area contributed by atoms with Gasteiger partial charge in [-0.05, 0) is 31.5 Å². The summed E-state index contributed by atoms with van der Waals surface area (Å²) in [4.78, 5) is 24.5. The molecule has 17 heavy (non-hydrogen) atoms. The zero-order chi connectivity index (χ0) is 12.6. The van der Waals surface area contributed by atoms with Gasteiger partial charge in [0.05, 0.1) is 0 Å². The fraction of sp³-hybridized carbons (Fsp3) is 0.333. The molecule has 1 aromatic rings. The second kappa shape index (κ2) is 4.16. The van der Waals surface area contributed by atoms with Crippen molar-refractivity contribution >= 4 is 17.5 Å². The van der Waals surface area contributed by atoms with Gasteiger partial charge in [-0.2, -0.15) is 0 Å². The predicted molar refractivity (Wildman–Crippen MR) is 61.1 cm³/mol. The van der Waals surface area contributed by atoms with Crippen molar-refractivity contribution in [1.82, 2.24) is 5.32 Å². The van der Waals surface area contributed by atoms with E-state index in [0.29, 0.717) is 11.3 Å². The molecule has 1 unspecified atom stereocenters. The number of carbonyl (C=O) groups is 2. The van der Waals surface area contributed by atoms with Crippen LogP contribution in [0.15, 0.2) is 18.2 Å². The standard InChI is InChI=1S/C12H13FN2O2/c1-7-3-4-9(5-10(7)13)15-6-11(16)14-8(2)12(15)17/h3-5,8H,6H2,1-2H3,(H,14,16). The normalized spacial score (nSPS) is 20.4. The van der Waals surface area contributed by atoms with Crippen molar-refractivity contribution in [2.24, 2.45) is 0 Å². The lowest BCUT2D eigenvalue weighted by molar-refractivity contribution is -0.130. The molecule has 90 valence electrons. The summed E-state index contributed by atoms with van der Waals surface area (Å²) in [5, 5.41) is 2.53. The summed E-state index contributed by atoms with van der Waals surface area (Å²) in [6.07, 6.45) is 0. The van der Waals surface area contributed by atoms with Crippen LogP contribution < -0.4 is 10.2 Å².